The third-order valence-electron chi connectivity index (χ3n) is 1.33. The lowest BCUT2D eigenvalue weighted by Gasteiger charge is -1.99. The Labute approximate surface area is 73.0 Å². The van der Waals surface area contributed by atoms with Crippen molar-refractivity contribution >= 4 is 22.2 Å². The Morgan fingerprint density at radius 3 is 2.91 bits per heavy atom. The van der Waals surface area contributed by atoms with Crippen molar-refractivity contribution in [3.8, 4) is 5.75 Å². The Morgan fingerprint density at radius 1 is 1.55 bits per heavy atom. The molecular formula is C8H7BrO2. The van der Waals surface area contributed by atoms with Crippen LogP contribution in [0.3, 0.4) is 0 Å². The topological polar surface area (TPSA) is 37.3 Å². The number of aromatic hydroxyl groups is 1. The second-order valence-corrected chi connectivity index (χ2v) is 3.00. The van der Waals surface area contributed by atoms with E-state index in [1.165, 1.54) is 0 Å². The van der Waals surface area contributed by atoms with Crippen LogP contribution in [0.15, 0.2) is 22.7 Å². The van der Waals surface area contributed by atoms with Gasteiger partial charge in [-0.1, -0.05) is 15.9 Å². The third-order valence-corrected chi connectivity index (χ3v) is 2.11. The number of rotatable bonds is 2. The zero-order valence-corrected chi connectivity index (χ0v) is 7.34. The molecule has 0 saturated carbocycles. The molecule has 0 aliphatic heterocycles. The van der Waals surface area contributed by atoms with Gasteiger partial charge in [0.2, 0.25) is 0 Å². The maximum atomic E-state index is 10.1. The van der Waals surface area contributed by atoms with Gasteiger partial charge in [0.15, 0.2) is 0 Å². The zero-order valence-electron chi connectivity index (χ0n) is 5.75. The predicted molar refractivity (Wildman–Crippen MR) is 45.6 cm³/mol. The number of phenolic OH excluding ortho intramolecular Hbond substituents is 1. The van der Waals surface area contributed by atoms with Crippen molar-refractivity contribution in [3.63, 3.8) is 0 Å². The second kappa shape index (κ2) is 3.53. The Hall–Kier alpha value is -0.830. The number of carbonyl (C=O) groups is 1. The largest absolute Gasteiger partial charge is 0.508 e. The van der Waals surface area contributed by atoms with E-state index in [4.69, 9.17) is 5.11 Å². The highest BCUT2D eigenvalue weighted by Gasteiger charge is 1.99. The van der Waals surface area contributed by atoms with E-state index in [-0.39, 0.29) is 5.75 Å². The van der Waals surface area contributed by atoms with Gasteiger partial charge in [0.05, 0.1) is 0 Å². The first-order valence-electron chi connectivity index (χ1n) is 3.15. The summed E-state index contributed by atoms with van der Waals surface area (Å²) in [6, 6.07) is 4.85. The molecule has 1 N–H and O–H groups in total. The van der Waals surface area contributed by atoms with Gasteiger partial charge in [-0.05, 0) is 23.8 Å². The van der Waals surface area contributed by atoms with Crippen LogP contribution in [0.25, 0.3) is 0 Å². The molecule has 0 unspecified atom stereocenters. The molecule has 0 spiro atoms. The summed E-state index contributed by atoms with van der Waals surface area (Å²) in [7, 11) is 0. The molecule has 0 fully saturated rings. The summed E-state index contributed by atoms with van der Waals surface area (Å²) in [6.45, 7) is 0. The number of benzene rings is 1. The Bertz CT molecular complexity index is 271. The molecule has 0 aliphatic rings. The number of aldehydes is 1. The van der Waals surface area contributed by atoms with E-state index >= 15 is 0 Å². The molecule has 0 bridgehead atoms. The number of phenols is 1. The summed E-state index contributed by atoms with van der Waals surface area (Å²) in [4.78, 5) is 10.1. The van der Waals surface area contributed by atoms with Crippen LogP contribution in [0.4, 0.5) is 0 Å². The van der Waals surface area contributed by atoms with E-state index in [2.05, 4.69) is 15.9 Å². The van der Waals surface area contributed by atoms with Gasteiger partial charge in [-0.25, -0.2) is 0 Å². The van der Waals surface area contributed by atoms with Gasteiger partial charge in [0.1, 0.15) is 12.0 Å². The second-order valence-electron chi connectivity index (χ2n) is 2.15. The lowest BCUT2D eigenvalue weighted by atomic mass is 10.2. The van der Waals surface area contributed by atoms with Crippen molar-refractivity contribution in [2.24, 2.45) is 0 Å². The quantitative estimate of drug-likeness (QED) is 0.765. The predicted octanol–water partition coefficient (Wildman–Crippen LogP) is 1.90. The number of carbonyl (C=O) groups excluding carboxylic acids is 1. The SMILES string of the molecule is O=CCc1cc(O)ccc1Br. The van der Waals surface area contributed by atoms with E-state index in [1.807, 2.05) is 0 Å². The molecular weight excluding hydrogens is 208 g/mol. The van der Waals surface area contributed by atoms with Gasteiger partial charge in [-0.2, -0.15) is 0 Å². The molecule has 0 atom stereocenters. The van der Waals surface area contributed by atoms with Gasteiger partial charge < -0.3 is 9.90 Å². The van der Waals surface area contributed by atoms with Gasteiger partial charge in [0.25, 0.3) is 0 Å². The number of hydrogen-bond acceptors (Lipinski definition) is 2. The molecule has 3 heteroatoms. The highest BCUT2D eigenvalue weighted by atomic mass is 79.9. The van der Waals surface area contributed by atoms with Gasteiger partial charge in [-0.3, -0.25) is 0 Å². The van der Waals surface area contributed by atoms with E-state index in [9.17, 15) is 4.79 Å². The van der Waals surface area contributed by atoms with Crippen LogP contribution in [0, 0.1) is 0 Å². The Balaban J connectivity index is 3.01. The average molecular weight is 215 g/mol. The van der Waals surface area contributed by atoms with Crippen LogP contribution >= 0.6 is 15.9 Å². The highest BCUT2D eigenvalue weighted by Crippen LogP contribution is 2.21. The normalized spacial score (nSPS) is 9.55. The fraction of sp³-hybridized carbons (Fsp3) is 0.125. The molecule has 0 aliphatic carbocycles. The summed E-state index contributed by atoms with van der Waals surface area (Å²) >= 11 is 3.26. The van der Waals surface area contributed by atoms with E-state index < -0.39 is 0 Å². The fourth-order valence-corrected chi connectivity index (χ4v) is 1.22. The van der Waals surface area contributed by atoms with Crippen LogP contribution < -0.4 is 0 Å². The van der Waals surface area contributed by atoms with Crippen LogP contribution in [-0.4, -0.2) is 11.4 Å². The first-order chi connectivity index (χ1) is 5.24. The van der Waals surface area contributed by atoms with Crippen LogP contribution in [0.1, 0.15) is 5.56 Å². The number of hydrogen-bond donors (Lipinski definition) is 1. The molecule has 1 aromatic rings. The van der Waals surface area contributed by atoms with E-state index in [0.717, 1.165) is 16.3 Å². The van der Waals surface area contributed by atoms with Crippen molar-refractivity contribution in [1.82, 2.24) is 0 Å². The molecule has 58 valence electrons. The summed E-state index contributed by atoms with van der Waals surface area (Å²) < 4.78 is 0.849. The molecule has 11 heavy (non-hydrogen) atoms. The summed E-state index contributed by atoms with van der Waals surface area (Å²) in [6.07, 6.45) is 1.13. The van der Waals surface area contributed by atoms with Crippen molar-refractivity contribution in [1.29, 1.82) is 0 Å². The van der Waals surface area contributed by atoms with Crippen molar-refractivity contribution in [2.45, 2.75) is 6.42 Å². The Morgan fingerprint density at radius 2 is 2.27 bits per heavy atom. The molecule has 2 nitrogen and oxygen atoms in total. The minimum Gasteiger partial charge on any atom is -0.508 e. The van der Waals surface area contributed by atoms with Crippen LogP contribution in [0.5, 0.6) is 5.75 Å². The monoisotopic (exact) mass is 214 g/mol. The maximum Gasteiger partial charge on any atom is 0.124 e. The summed E-state index contributed by atoms with van der Waals surface area (Å²) in [5, 5.41) is 9.03. The van der Waals surface area contributed by atoms with Crippen molar-refractivity contribution in [2.75, 3.05) is 0 Å². The standard InChI is InChI=1S/C8H7BrO2/c9-8-2-1-7(11)5-6(8)3-4-10/h1-2,4-5,11H,3H2. The lowest BCUT2D eigenvalue weighted by Crippen LogP contribution is -1.86. The number of halogens is 1. The highest BCUT2D eigenvalue weighted by molar-refractivity contribution is 9.10. The first kappa shape index (κ1) is 8.27. The van der Waals surface area contributed by atoms with Crippen LogP contribution in [0.2, 0.25) is 0 Å². The minimum atomic E-state index is 0.185. The van der Waals surface area contributed by atoms with E-state index in [1.54, 1.807) is 18.2 Å². The fourth-order valence-electron chi connectivity index (χ4n) is 0.807. The average Bonchev–Trinajstić information content (AvgIpc) is 1.98. The van der Waals surface area contributed by atoms with Crippen molar-refractivity contribution in [3.05, 3.63) is 28.2 Å². The van der Waals surface area contributed by atoms with Crippen molar-refractivity contribution < 1.29 is 9.90 Å². The van der Waals surface area contributed by atoms with Crippen LogP contribution in [-0.2, 0) is 11.2 Å². The molecule has 0 amide bonds. The smallest absolute Gasteiger partial charge is 0.124 e. The third kappa shape index (κ3) is 2.05. The zero-order chi connectivity index (χ0) is 8.27. The minimum absolute atomic E-state index is 0.185. The molecule has 0 aromatic heterocycles. The molecule has 0 heterocycles. The van der Waals surface area contributed by atoms with Gasteiger partial charge >= 0.3 is 0 Å². The molecule has 1 rings (SSSR count). The maximum absolute atomic E-state index is 10.1. The van der Waals surface area contributed by atoms with Gasteiger partial charge in [0, 0.05) is 10.9 Å². The summed E-state index contributed by atoms with van der Waals surface area (Å²) in [5.41, 5.74) is 0.806. The lowest BCUT2D eigenvalue weighted by molar-refractivity contribution is -0.107. The van der Waals surface area contributed by atoms with E-state index in [0.29, 0.717) is 6.42 Å². The Kier molecular flexibility index (Phi) is 2.65. The van der Waals surface area contributed by atoms with Gasteiger partial charge in [-0.15, -0.1) is 0 Å². The first-order valence-corrected chi connectivity index (χ1v) is 3.94. The molecule has 0 saturated heterocycles. The molecule has 1 aromatic carbocycles. The summed E-state index contributed by atoms with van der Waals surface area (Å²) in [5.74, 6) is 0.185. The molecule has 0 radical (unpaired) electrons.